The average Bonchev–Trinajstić information content (AvgIpc) is 1.86. The molecule has 0 unspecified atom stereocenters. The minimum absolute atomic E-state index is 0.502. The Morgan fingerprint density at radius 2 is 1.17 bits per heavy atom. The number of hydrogen-bond donors (Lipinski definition) is 1. The molecule has 0 aromatic carbocycles. The van der Waals surface area contributed by atoms with Crippen molar-refractivity contribution in [3.8, 4) is 0 Å². The molecule has 0 aromatic heterocycles. The van der Waals surface area contributed by atoms with Crippen LogP contribution in [0.3, 0.4) is 0 Å². The van der Waals surface area contributed by atoms with Crippen LogP contribution in [-0.2, 0) is 0 Å². The molecule has 0 atom stereocenters. The molecule has 0 spiro atoms. The third kappa shape index (κ3) is 4.10. The van der Waals surface area contributed by atoms with Gasteiger partial charge in [-0.3, -0.25) is 0 Å². The topological polar surface area (TPSA) is 12.0 Å². The van der Waals surface area contributed by atoms with Crippen LogP contribution in [0.15, 0.2) is 0 Å². The minimum Gasteiger partial charge on any atom is -0.316 e. The normalized spacial score (nSPS) is 25.5. The largest absolute Gasteiger partial charge is 0.316 e. The lowest BCUT2D eigenvalue weighted by atomic mass is 9.72. The molecule has 74 valence electrons. The van der Waals surface area contributed by atoms with Crippen LogP contribution < -0.4 is 5.32 Å². The highest BCUT2D eigenvalue weighted by atomic mass is 14.9. The van der Waals surface area contributed by atoms with E-state index in [1.165, 1.54) is 19.5 Å². The van der Waals surface area contributed by atoms with Crippen molar-refractivity contribution in [2.45, 2.75) is 48.0 Å². The maximum absolute atomic E-state index is 3.47. The predicted molar refractivity (Wildman–Crippen MR) is 56.4 cm³/mol. The summed E-state index contributed by atoms with van der Waals surface area (Å²) in [5.41, 5.74) is 1.00. The Kier molecular flexibility index (Phi) is 4.25. The van der Waals surface area contributed by atoms with Gasteiger partial charge in [0.15, 0.2) is 0 Å². The Hall–Kier alpha value is -0.0400. The van der Waals surface area contributed by atoms with Gasteiger partial charge >= 0.3 is 0 Å². The van der Waals surface area contributed by atoms with Crippen molar-refractivity contribution < 1.29 is 0 Å². The molecule has 0 bridgehead atoms. The van der Waals surface area contributed by atoms with Crippen LogP contribution >= 0.6 is 0 Å². The van der Waals surface area contributed by atoms with E-state index < -0.39 is 0 Å². The van der Waals surface area contributed by atoms with E-state index in [2.05, 4.69) is 33.0 Å². The lowest BCUT2D eigenvalue weighted by Crippen LogP contribution is -2.45. The van der Waals surface area contributed by atoms with Gasteiger partial charge in [-0.1, -0.05) is 41.5 Å². The second-order valence-electron chi connectivity index (χ2n) is 5.11. The molecule has 1 fully saturated rings. The number of rotatable bonds is 0. The fourth-order valence-corrected chi connectivity index (χ4v) is 2.16. The minimum atomic E-state index is 0.502. The number of nitrogens with one attached hydrogen (secondary N) is 1. The predicted octanol–water partition coefficient (Wildman–Crippen LogP) is 3.06. The zero-order valence-corrected chi connectivity index (χ0v) is 9.62. The van der Waals surface area contributed by atoms with Crippen molar-refractivity contribution in [1.82, 2.24) is 5.32 Å². The van der Waals surface area contributed by atoms with Gasteiger partial charge in [-0.25, -0.2) is 0 Å². The van der Waals surface area contributed by atoms with Crippen molar-refractivity contribution in [2.75, 3.05) is 13.1 Å². The van der Waals surface area contributed by atoms with Crippen molar-refractivity contribution in [3.63, 3.8) is 0 Å². The summed E-state index contributed by atoms with van der Waals surface area (Å²) < 4.78 is 0. The first kappa shape index (κ1) is 12.0. The third-order valence-electron chi connectivity index (χ3n) is 2.16. The van der Waals surface area contributed by atoms with Gasteiger partial charge in [-0.2, -0.15) is 0 Å². The molecule has 0 aliphatic carbocycles. The highest BCUT2D eigenvalue weighted by Crippen LogP contribution is 2.35. The van der Waals surface area contributed by atoms with E-state index in [4.69, 9.17) is 0 Å². The molecule has 0 radical (unpaired) electrons. The van der Waals surface area contributed by atoms with Gasteiger partial charge in [0, 0.05) is 13.1 Å². The van der Waals surface area contributed by atoms with Gasteiger partial charge in [-0.05, 0) is 17.3 Å². The van der Waals surface area contributed by atoms with Gasteiger partial charge in [-0.15, -0.1) is 0 Å². The van der Waals surface area contributed by atoms with E-state index in [-0.39, 0.29) is 0 Å². The second-order valence-corrected chi connectivity index (χ2v) is 5.11. The van der Waals surface area contributed by atoms with Gasteiger partial charge < -0.3 is 5.32 Å². The van der Waals surface area contributed by atoms with Gasteiger partial charge in [0.1, 0.15) is 0 Å². The van der Waals surface area contributed by atoms with Crippen LogP contribution in [0.1, 0.15) is 48.0 Å². The molecule has 12 heavy (non-hydrogen) atoms. The SMILES string of the molecule is CC.CC1(C)CNCC(C)(C)C1. The molecule has 1 aliphatic rings. The first-order valence-electron chi connectivity index (χ1n) is 5.12. The third-order valence-corrected chi connectivity index (χ3v) is 2.16. The van der Waals surface area contributed by atoms with Crippen LogP contribution in [0.2, 0.25) is 0 Å². The van der Waals surface area contributed by atoms with Crippen molar-refractivity contribution in [1.29, 1.82) is 0 Å². The molecule has 0 amide bonds. The number of hydrogen-bond acceptors (Lipinski definition) is 1. The van der Waals surface area contributed by atoms with Crippen LogP contribution in [-0.4, -0.2) is 13.1 Å². The fraction of sp³-hybridized carbons (Fsp3) is 1.00. The van der Waals surface area contributed by atoms with Gasteiger partial charge in [0.2, 0.25) is 0 Å². The zero-order chi connectivity index (χ0) is 9.83. The molecule has 1 aliphatic heterocycles. The molecule has 1 N–H and O–H groups in total. The Labute approximate surface area is 77.9 Å². The van der Waals surface area contributed by atoms with E-state index >= 15 is 0 Å². The summed E-state index contributed by atoms with van der Waals surface area (Å²) >= 11 is 0. The maximum Gasteiger partial charge on any atom is 0.000295 e. The lowest BCUT2D eigenvalue weighted by molar-refractivity contribution is 0.136. The Balaban J connectivity index is 0.000000561. The molecular weight excluding hydrogens is 146 g/mol. The summed E-state index contributed by atoms with van der Waals surface area (Å²) in [6.07, 6.45) is 1.34. The molecule has 1 heterocycles. The van der Waals surface area contributed by atoms with E-state index in [0.717, 1.165) is 0 Å². The molecule has 1 heteroatoms. The highest BCUT2D eigenvalue weighted by molar-refractivity contribution is 4.87. The lowest BCUT2D eigenvalue weighted by Gasteiger charge is -2.41. The standard InChI is InChI=1S/C9H19N.C2H6/c1-8(2)5-9(3,4)7-10-6-8;1-2/h10H,5-7H2,1-4H3;1-2H3. The summed E-state index contributed by atoms with van der Waals surface area (Å²) in [7, 11) is 0. The average molecular weight is 171 g/mol. The van der Waals surface area contributed by atoms with Crippen molar-refractivity contribution in [3.05, 3.63) is 0 Å². The monoisotopic (exact) mass is 171 g/mol. The summed E-state index contributed by atoms with van der Waals surface area (Å²) in [5.74, 6) is 0. The van der Waals surface area contributed by atoms with E-state index in [1.807, 2.05) is 13.8 Å². The van der Waals surface area contributed by atoms with Crippen molar-refractivity contribution in [2.24, 2.45) is 10.8 Å². The molecule has 1 rings (SSSR count). The Morgan fingerprint density at radius 3 is 1.33 bits per heavy atom. The highest BCUT2D eigenvalue weighted by Gasteiger charge is 2.32. The Bertz CT molecular complexity index is 111. The van der Waals surface area contributed by atoms with E-state index in [0.29, 0.717) is 10.8 Å². The van der Waals surface area contributed by atoms with Gasteiger partial charge in [0.05, 0.1) is 0 Å². The molecular formula is C11H25N. The van der Waals surface area contributed by atoms with Gasteiger partial charge in [0.25, 0.3) is 0 Å². The van der Waals surface area contributed by atoms with E-state index in [9.17, 15) is 0 Å². The first-order chi connectivity index (χ1) is 5.41. The summed E-state index contributed by atoms with van der Waals surface area (Å²) in [6, 6.07) is 0. The zero-order valence-electron chi connectivity index (χ0n) is 9.62. The maximum atomic E-state index is 3.47. The van der Waals surface area contributed by atoms with Crippen LogP contribution in [0, 0.1) is 10.8 Å². The van der Waals surface area contributed by atoms with Crippen LogP contribution in [0.4, 0.5) is 0 Å². The molecule has 1 nitrogen and oxygen atoms in total. The summed E-state index contributed by atoms with van der Waals surface area (Å²) in [4.78, 5) is 0. The second kappa shape index (κ2) is 4.27. The van der Waals surface area contributed by atoms with Crippen LogP contribution in [0.25, 0.3) is 0 Å². The fourth-order valence-electron chi connectivity index (χ4n) is 2.16. The molecule has 1 saturated heterocycles. The van der Waals surface area contributed by atoms with Crippen LogP contribution in [0.5, 0.6) is 0 Å². The summed E-state index contributed by atoms with van der Waals surface area (Å²) in [6.45, 7) is 15.7. The van der Waals surface area contributed by atoms with E-state index in [1.54, 1.807) is 0 Å². The quantitative estimate of drug-likeness (QED) is 0.590. The smallest absolute Gasteiger partial charge is 0.000295 e. The number of piperidine rings is 1. The molecule has 0 aromatic rings. The van der Waals surface area contributed by atoms with Crippen molar-refractivity contribution >= 4 is 0 Å². The molecule has 0 saturated carbocycles. The first-order valence-corrected chi connectivity index (χ1v) is 5.12. The summed E-state index contributed by atoms with van der Waals surface area (Å²) in [5, 5.41) is 3.47. The Morgan fingerprint density at radius 1 is 0.833 bits per heavy atom.